The van der Waals surface area contributed by atoms with Gasteiger partial charge in [0.15, 0.2) is 0 Å². The molecule has 1 atom stereocenters. The highest BCUT2D eigenvalue weighted by atomic mass is 19.1. The molecule has 0 fully saturated rings. The Morgan fingerprint density at radius 2 is 1.52 bits per heavy atom. The summed E-state index contributed by atoms with van der Waals surface area (Å²) < 4.78 is 13.0. The third-order valence-electron chi connectivity index (χ3n) is 3.86. The van der Waals surface area contributed by atoms with E-state index in [4.69, 9.17) is 0 Å². The molecule has 1 N–H and O–H groups in total. The van der Waals surface area contributed by atoms with E-state index in [1.54, 1.807) is 12.1 Å². The second kappa shape index (κ2) is 6.40. The first kappa shape index (κ1) is 15.7. The molecule has 21 heavy (non-hydrogen) atoms. The Morgan fingerprint density at radius 3 is 2.00 bits per heavy atom. The number of aliphatic hydroxyl groups excluding tert-OH is 1. The normalized spacial score (nSPS) is 13.2. The molecule has 1 unspecified atom stereocenters. The maximum Gasteiger partial charge on any atom is 0.123 e. The van der Waals surface area contributed by atoms with Crippen molar-refractivity contribution in [3.8, 4) is 0 Å². The Kier molecular flexibility index (Phi) is 4.79. The van der Waals surface area contributed by atoms with Crippen LogP contribution in [-0.2, 0) is 11.8 Å². The van der Waals surface area contributed by atoms with E-state index in [9.17, 15) is 9.50 Å². The molecule has 0 saturated carbocycles. The van der Waals surface area contributed by atoms with Crippen LogP contribution >= 0.6 is 0 Å². The molecule has 2 aromatic carbocycles. The van der Waals surface area contributed by atoms with Crippen molar-refractivity contribution in [2.75, 3.05) is 6.61 Å². The average Bonchev–Trinajstić information content (AvgIpc) is 2.45. The minimum atomic E-state index is -0.245. The van der Waals surface area contributed by atoms with Gasteiger partial charge < -0.3 is 5.11 Å². The van der Waals surface area contributed by atoms with Crippen molar-refractivity contribution in [3.05, 3.63) is 71.0 Å². The van der Waals surface area contributed by atoms with Crippen molar-refractivity contribution in [2.24, 2.45) is 0 Å². The van der Waals surface area contributed by atoms with Gasteiger partial charge in [-0.25, -0.2) is 4.39 Å². The molecule has 0 aliphatic rings. The van der Waals surface area contributed by atoms with Gasteiger partial charge in [0.1, 0.15) is 5.82 Å². The van der Waals surface area contributed by atoms with Crippen LogP contribution in [0.15, 0.2) is 48.5 Å². The molecule has 0 aliphatic carbocycles. The van der Waals surface area contributed by atoms with Crippen LogP contribution in [0.5, 0.6) is 0 Å². The van der Waals surface area contributed by atoms with Gasteiger partial charge in [-0.1, -0.05) is 57.2 Å². The second-order valence-electron chi connectivity index (χ2n) is 6.58. The lowest BCUT2D eigenvalue weighted by molar-refractivity contribution is 0.264. The van der Waals surface area contributed by atoms with Gasteiger partial charge in [-0.15, -0.1) is 0 Å². The predicted octanol–water partition coefficient (Wildman–Crippen LogP) is 4.44. The summed E-state index contributed by atoms with van der Waals surface area (Å²) in [5, 5.41) is 9.60. The highest BCUT2D eigenvalue weighted by Gasteiger charge is 2.15. The number of aliphatic hydroxyl groups is 1. The highest BCUT2D eigenvalue weighted by molar-refractivity contribution is 5.30. The molecule has 0 radical (unpaired) electrons. The van der Waals surface area contributed by atoms with Gasteiger partial charge in [-0.3, -0.25) is 0 Å². The van der Waals surface area contributed by atoms with Crippen LogP contribution in [0.4, 0.5) is 4.39 Å². The molecule has 0 bridgehead atoms. The van der Waals surface area contributed by atoms with Gasteiger partial charge in [-0.05, 0) is 40.7 Å². The summed E-state index contributed by atoms with van der Waals surface area (Å²) in [7, 11) is 0. The van der Waals surface area contributed by atoms with Crippen molar-refractivity contribution >= 4 is 0 Å². The topological polar surface area (TPSA) is 20.2 Å². The smallest absolute Gasteiger partial charge is 0.123 e. The van der Waals surface area contributed by atoms with E-state index >= 15 is 0 Å². The van der Waals surface area contributed by atoms with Crippen LogP contribution in [-0.4, -0.2) is 11.7 Å². The number of rotatable bonds is 4. The number of hydrogen-bond donors (Lipinski definition) is 1. The summed E-state index contributed by atoms with van der Waals surface area (Å²) in [5.41, 5.74) is 3.60. The molecule has 2 aromatic rings. The third-order valence-corrected chi connectivity index (χ3v) is 3.86. The molecule has 0 spiro atoms. The fraction of sp³-hybridized carbons (Fsp3) is 0.368. The van der Waals surface area contributed by atoms with E-state index in [0.717, 1.165) is 12.0 Å². The van der Waals surface area contributed by atoms with E-state index in [1.165, 1.54) is 23.3 Å². The molecule has 0 saturated heterocycles. The maximum absolute atomic E-state index is 13.0. The number of halogens is 1. The monoisotopic (exact) mass is 286 g/mol. The molecule has 2 heteroatoms. The molecule has 0 heterocycles. The molecular formula is C19H23FO. The molecule has 2 rings (SSSR count). The van der Waals surface area contributed by atoms with Crippen molar-refractivity contribution in [2.45, 2.75) is 38.5 Å². The standard InChI is InChI=1S/C19H23FO/c1-19(2,3)17-8-4-14(5-9-17)12-16(13-21)15-6-10-18(20)11-7-15/h4-11,16,21H,12-13H2,1-3H3. The summed E-state index contributed by atoms with van der Waals surface area (Å²) in [6, 6.07) is 14.9. The Labute approximate surface area is 126 Å². The molecule has 112 valence electrons. The Balaban J connectivity index is 2.13. The van der Waals surface area contributed by atoms with Crippen molar-refractivity contribution in [3.63, 3.8) is 0 Å². The summed E-state index contributed by atoms with van der Waals surface area (Å²) in [4.78, 5) is 0. The van der Waals surface area contributed by atoms with Crippen molar-refractivity contribution in [1.82, 2.24) is 0 Å². The summed E-state index contributed by atoms with van der Waals surface area (Å²) in [6.45, 7) is 6.64. The minimum absolute atomic E-state index is 0.00564. The van der Waals surface area contributed by atoms with E-state index in [0.29, 0.717) is 0 Å². The highest BCUT2D eigenvalue weighted by Crippen LogP contribution is 2.25. The molecule has 0 aromatic heterocycles. The predicted molar refractivity (Wildman–Crippen MR) is 85.1 cm³/mol. The van der Waals surface area contributed by atoms with Crippen LogP contribution in [0.3, 0.4) is 0 Å². The van der Waals surface area contributed by atoms with Crippen molar-refractivity contribution in [1.29, 1.82) is 0 Å². The van der Waals surface area contributed by atoms with E-state index in [-0.39, 0.29) is 23.8 Å². The van der Waals surface area contributed by atoms with Crippen LogP contribution in [0.1, 0.15) is 43.4 Å². The number of benzene rings is 2. The van der Waals surface area contributed by atoms with Gasteiger partial charge in [0.25, 0.3) is 0 Å². The molecular weight excluding hydrogens is 263 g/mol. The molecule has 0 amide bonds. The van der Waals surface area contributed by atoms with Gasteiger partial charge in [0, 0.05) is 5.92 Å². The van der Waals surface area contributed by atoms with E-state index < -0.39 is 0 Å². The lowest BCUT2D eigenvalue weighted by Gasteiger charge is -2.20. The van der Waals surface area contributed by atoms with Crippen LogP contribution < -0.4 is 0 Å². The zero-order chi connectivity index (χ0) is 15.5. The first-order valence-electron chi connectivity index (χ1n) is 7.36. The average molecular weight is 286 g/mol. The van der Waals surface area contributed by atoms with Crippen LogP contribution in [0.2, 0.25) is 0 Å². The van der Waals surface area contributed by atoms with Gasteiger partial charge >= 0.3 is 0 Å². The largest absolute Gasteiger partial charge is 0.396 e. The van der Waals surface area contributed by atoms with Crippen LogP contribution in [0.25, 0.3) is 0 Å². The zero-order valence-corrected chi connectivity index (χ0v) is 12.9. The molecule has 1 nitrogen and oxygen atoms in total. The fourth-order valence-electron chi connectivity index (χ4n) is 2.45. The first-order valence-corrected chi connectivity index (χ1v) is 7.36. The summed E-state index contributed by atoms with van der Waals surface area (Å²) in [6.07, 6.45) is 0.757. The Bertz CT molecular complexity index is 564. The Hall–Kier alpha value is -1.67. The minimum Gasteiger partial charge on any atom is -0.396 e. The van der Waals surface area contributed by atoms with E-state index in [1.807, 2.05) is 0 Å². The number of hydrogen-bond acceptors (Lipinski definition) is 1. The van der Waals surface area contributed by atoms with Gasteiger partial charge in [0.05, 0.1) is 6.61 Å². The van der Waals surface area contributed by atoms with Crippen molar-refractivity contribution < 1.29 is 9.50 Å². The van der Waals surface area contributed by atoms with Crippen LogP contribution in [0, 0.1) is 5.82 Å². The van der Waals surface area contributed by atoms with Gasteiger partial charge in [-0.2, -0.15) is 0 Å². The lowest BCUT2D eigenvalue weighted by Crippen LogP contribution is -2.11. The summed E-state index contributed by atoms with van der Waals surface area (Å²) in [5.74, 6) is -0.240. The third kappa shape index (κ3) is 4.15. The van der Waals surface area contributed by atoms with E-state index in [2.05, 4.69) is 45.0 Å². The maximum atomic E-state index is 13.0. The first-order chi connectivity index (χ1) is 9.90. The second-order valence-corrected chi connectivity index (χ2v) is 6.58. The van der Waals surface area contributed by atoms with Gasteiger partial charge in [0.2, 0.25) is 0 Å². The SMILES string of the molecule is CC(C)(C)c1ccc(CC(CO)c2ccc(F)cc2)cc1. The molecule has 0 aliphatic heterocycles. The lowest BCUT2D eigenvalue weighted by atomic mass is 9.85. The quantitative estimate of drug-likeness (QED) is 0.881. The summed E-state index contributed by atoms with van der Waals surface area (Å²) >= 11 is 0. The fourth-order valence-corrected chi connectivity index (χ4v) is 2.45. The zero-order valence-electron chi connectivity index (χ0n) is 12.9. The Morgan fingerprint density at radius 1 is 0.952 bits per heavy atom.